The Balaban J connectivity index is 1.93. The van der Waals surface area contributed by atoms with Crippen LogP contribution in [-0.4, -0.2) is 40.1 Å². The fourth-order valence-electron chi connectivity index (χ4n) is 3.08. The Hall–Kier alpha value is -2.01. The fraction of sp³-hybridized carbons (Fsp3) is 0.438. The topological polar surface area (TPSA) is 82.3 Å². The number of aromatic nitrogens is 1. The van der Waals surface area contributed by atoms with Crippen molar-refractivity contribution in [1.82, 2.24) is 9.88 Å². The van der Waals surface area contributed by atoms with Crippen LogP contribution in [0, 0.1) is 0 Å². The number of anilines is 1. The second kappa shape index (κ2) is 5.77. The Morgan fingerprint density at radius 2 is 2.24 bits per heavy atom. The lowest BCUT2D eigenvalue weighted by atomic mass is 10.1. The van der Waals surface area contributed by atoms with E-state index in [0.29, 0.717) is 17.9 Å². The van der Waals surface area contributed by atoms with Gasteiger partial charge < -0.3 is 20.7 Å². The highest BCUT2D eigenvalue weighted by Crippen LogP contribution is 2.24. The number of benzene rings is 1. The van der Waals surface area contributed by atoms with Gasteiger partial charge in [0.2, 0.25) is 0 Å². The largest absolute Gasteiger partial charge is 0.397 e. The number of hydrogen-bond acceptors (Lipinski definition) is 3. The van der Waals surface area contributed by atoms with Gasteiger partial charge in [0.15, 0.2) is 0 Å². The first kappa shape index (κ1) is 13.9. The zero-order valence-corrected chi connectivity index (χ0v) is 12.0. The minimum Gasteiger partial charge on any atom is -0.397 e. The molecule has 1 aromatic heterocycles. The SMILES string of the molecule is Nc1cccc2cc(C(=O)N3CCCCCC3CO)[nH]c12. The molecule has 1 fully saturated rings. The summed E-state index contributed by atoms with van der Waals surface area (Å²) in [7, 11) is 0. The normalized spacial score (nSPS) is 19.7. The van der Waals surface area contributed by atoms with E-state index < -0.39 is 0 Å². The Morgan fingerprint density at radius 3 is 3.00 bits per heavy atom. The summed E-state index contributed by atoms with van der Waals surface area (Å²) in [4.78, 5) is 17.7. The van der Waals surface area contributed by atoms with Gasteiger partial charge >= 0.3 is 0 Å². The molecule has 112 valence electrons. The standard InChI is InChI=1S/C16H21N3O2/c17-13-7-4-5-11-9-14(18-15(11)13)16(21)19-8-3-1-2-6-12(19)10-20/h4-5,7,9,12,18,20H,1-3,6,8,10,17H2. The number of carbonyl (C=O) groups is 1. The molecule has 4 N–H and O–H groups in total. The predicted molar refractivity (Wildman–Crippen MR) is 83.1 cm³/mol. The van der Waals surface area contributed by atoms with Gasteiger partial charge in [-0.05, 0) is 25.0 Å². The highest BCUT2D eigenvalue weighted by atomic mass is 16.3. The average molecular weight is 287 g/mol. The molecule has 0 aliphatic carbocycles. The maximum absolute atomic E-state index is 12.7. The van der Waals surface area contributed by atoms with E-state index in [4.69, 9.17) is 5.73 Å². The van der Waals surface area contributed by atoms with Crippen LogP contribution in [-0.2, 0) is 0 Å². The molecule has 1 amide bonds. The number of H-pyrrole nitrogens is 1. The van der Waals surface area contributed by atoms with Gasteiger partial charge in [0.1, 0.15) is 5.69 Å². The number of fused-ring (bicyclic) bond motifs is 1. The third kappa shape index (κ3) is 2.61. The lowest BCUT2D eigenvalue weighted by molar-refractivity contribution is 0.0595. The summed E-state index contributed by atoms with van der Waals surface area (Å²) in [5.74, 6) is -0.0495. The van der Waals surface area contributed by atoms with Crippen molar-refractivity contribution in [2.24, 2.45) is 0 Å². The van der Waals surface area contributed by atoms with Gasteiger partial charge in [0, 0.05) is 11.9 Å². The van der Waals surface area contributed by atoms with Crippen LogP contribution in [0.4, 0.5) is 5.69 Å². The van der Waals surface area contributed by atoms with Gasteiger partial charge in [-0.2, -0.15) is 0 Å². The van der Waals surface area contributed by atoms with Crippen molar-refractivity contribution < 1.29 is 9.90 Å². The quantitative estimate of drug-likeness (QED) is 0.740. The van der Waals surface area contributed by atoms with E-state index in [1.807, 2.05) is 24.3 Å². The second-order valence-corrected chi connectivity index (χ2v) is 5.68. The molecule has 5 heteroatoms. The van der Waals surface area contributed by atoms with Gasteiger partial charge in [0.25, 0.3) is 5.91 Å². The number of para-hydroxylation sites is 1. The van der Waals surface area contributed by atoms with Crippen molar-refractivity contribution in [1.29, 1.82) is 0 Å². The number of likely N-dealkylation sites (tertiary alicyclic amines) is 1. The third-order valence-electron chi connectivity index (χ3n) is 4.27. The van der Waals surface area contributed by atoms with Crippen LogP contribution in [0.5, 0.6) is 0 Å². The minimum atomic E-state index is -0.0799. The first-order valence-electron chi connectivity index (χ1n) is 7.49. The van der Waals surface area contributed by atoms with E-state index in [9.17, 15) is 9.90 Å². The molecule has 0 saturated carbocycles. The summed E-state index contributed by atoms with van der Waals surface area (Å²) in [6, 6.07) is 7.39. The molecule has 3 rings (SSSR count). The maximum atomic E-state index is 12.7. The zero-order chi connectivity index (χ0) is 14.8. The number of hydrogen-bond donors (Lipinski definition) is 3. The molecule has 1 aromatic carbocycles. The number of aliphatic hydroxyl groups is 1. The number of aliphatic hydroxyl groups excluding tert-OH is 1. The molecule has 1 aliphatic rings. The van der Waals surface area contributed by atoms with Crippen LogP contribution in [0.2, 0.25) is 0 Å². The van der Waals surface area contributed by atoms with Crippen LogP contribution >= 0.6 is 0 Å². The molecule has 2 heterocycles. The summed E-state index contributed by atoms with van der Waals surface area (Å²) in [6.07, 6.45) is 4.03. The number of aromatic amines is 1. The summed E-state index contributed by atoms with van der Waals surface area (Å²) in [6.45, 7) is 0.725. The number of nitrogens with one attached hydrogen (secondary N) is 1. The molecule has 0 bridgehead atoms. The highest BCUT2D eigenvalue weighted by Gasteiger charge is 2.26. The monoisotopic (exact) mass is 287 g/mol. The fourth-order valence-corrected chi connectivity index (χ4v) is 3.08. The van der Waals surface area contributed by atoms with Gasteiger partial charge in [-0.3, -0.25) is 4.79 Å². The number of nitrogen functional groups attached to an aromatic ring is 1. The number of nitrogens with two attached hydrogens (primary N) is 1. The molecule has 1 saturated heterocycles. The summed E-state index contributed by atoms with van der Waals surface area (Å²) in [5.41, 5.74) is 7.92. The van der Waals surface area contributed by atoms with Gasteiger partial charge in [-0.1, -0.05) is 25.0 Å². The van der Waals surface area contributed by atoms with E-state index in [2.05, 4.69) is 4.98 Å². The molecule has 0 radical (unpaired) electrons. The van der Waals surface area contributed by atoms with E-state index >= 15 is 0 Å². The van der Waals surface area contributed by atoms with Crippen LogP contribution in [0.25, 0.3) is 10.9 Å². The van der Waals surface area contributed by atoms with Gasteiger partial charge in [-0.25, -0.2) is 0 Å². The number of nitrogens with zero attached hydrogens (tertiary/aromatic N) is 1. The van der Waals surface area contributed by atoms with Crippen LogP contribution in [0.3, 0.4) is 0 Å². The second-order valence-electron chi connectivity index (χ2n) is 5.68. The Bertz CT molecular complexity index is 650. The first-order chi connectivity index (χ1) is 10.2. The molecule has 1 aliphatic heterocycles. The molecular weight excluding hydrogens is 266 g/mol. The van der Waals surface area contributed by atoms with Gasteiger partial charge in [0.05, 0.1) is 23.9 Å². The van der Waals surface area contributed by atoms with Crippen molar-refractivity contribution in [3.63, 3.8) is 0 Å². The van der Waals surface area contributed by atoms with E-state index in [1.54, 1.807) is 4.90 Å². The molecule has 1 unspecified atom stereocenters. The van der Waals surface area contributed by atoms with Gasteiger partial charge in [-0.15, -0.1) is 0 Å². The van der Waals surface area contributed by atoms with E-state index in [-0.39, 0.29) is 18.6 Å². The lowest BCUT2D eigenvalue weighted by Gasteiger charge is -2.28. The molecule has 0 spiro atoms. The lowest BCUT2D eigenvalue weighted by Crippen LogP contribution is -2.42. The van der Waals surface area contributed by atoms with Crippen molar-refractivity contribution >= 4 is 22.5 Å². The van der Waals surface area contributed by atoms with Crippen molar-refractivity contribution in [2.75, 3.05) is 18.9 Å². The molecule has 2 aromatic rings. The van der Waals surface area contributed by atoms with Crippen LogP contribution in [0.1, 0.15) is 36.2 Å². The summed E-state index contributed by atoms with van der Waals surface area (Å²) in [5, 5.41) is 10.5. The van der Waals surface area contributed by atoms with Crippen LogP contribution in [0.15, 0.2) is 24.3 Å². The zero-order valence-electron chi connectivity index (χ0n) is 12.0. The predicted octanol–water partition coefficient (Wildman–Crippen LogP) is 2.13. The minimum absolute atomic E-state index is 0.0219. The average Bonchev–Trinajstić information content (AvgIpc) is 2.79. The van der Waals surface area contributed by atoms with E-state index in [1.165, 1.54) is 0 Å². The smallest absolute Gasteiger partial charge is 0.270 e. The molecular formula is C16H21N3O2. The molecule has 1 atom stereocenters. The van der Waals surface area contributed by atoms with E-state index in [0.717, 1.165) is 36.6 Å². The Kier molecular flexibility index (Phi) is 3.84. The number of rotatable bonds is 2. The van der Waals surface area contributed by atoms with Crippen LogP contribution < -0.4 is 5.73 Å². The third-order valence-corrected chi connectivity index (χ3v) is 4.27. The highest BCUT2D eigenvalue weighted by molar-refractivity contribution is 6.01. The summed E-state index contributed by atoms with van der Waals surface area (Å²) < 4.78 is 0. The maximum Gasteiger partial charge on any atom is 0.270 e. The first-order valence-corrected chi connectivity index (χ1v) is 7.49. The molecule has 5 nitrogen and oxygen atoms in total. The Morgan fingerprint density at radius 1 is 1.38 bits per heavy atom. The number of amides is 1. The number of carbonyl (C=O) groups excluding carboxylic acids is 1. The van der Waals surface area contributed by atoms with Crippen molar-refractivity contribution in [3.05, 3.63) is 30.0 Å². The summed E-state index contributed by atoms with van der Waals surface area (Å²) >= 11 is 0. The van der Waals surface area contributed by atoms with Crippen molar-refractivity contribution in [3.8, 4) is 0 Å². The molecule has 21 heavy (non-hydrogen) atoms. The Labute approximate surface area is 123 Å². The van der Waals surface area contributed by atoms with Crippen molar-refractivity contribution in [2.45, 2.75) is 31.7 Å².